The number of amides is 1. The lowest BCUT2D eigenvalue weighted by atomic mass is 10.0. The maximum absolute atomic E-state index is 13.0. The van der Waals surface area contributed by atoms with Crippen LogP contribution < -0.4 is 0 Å². The van der Waals surface area contributed by atoms with Gasteiger partial charge >= 0.3 is 0 Å². The van der Waals surface area contributed by atoms with Crippen LogP contribution in [0.2, 0.25) is 0 Å². The van der Waals surface area contributed by atoms with Crippen molar-refractivity contribution in [1.82, 2.24) is 23.3 Å². The number of rotatable bonds is 4. The molecule has 0 N–H and O–H groups in total. The van der Waals surface area contributed by atoms with E-state index < -0.39 is 10.0 Å². The van der Waals surface area contributed by atoms with E-state index in [1.54, 1.807) is 24.0 Å². The van der Waals surface area contributed by atoms with E-state index in [-0.39, 0.29) is 10.8 Å². The van der Waals surface area contributed by atoms with Crippen molar-refractivity contribution in [2.24, 2.45) is 7.05 Å². The van der Waals surface area contributed by atoms with Crippen molar-refractivity contribution in [2.75, 3.05) is 26.2 Å². The minimum atomic E-state index is -3.53. The zero-order valence-electron chi connectivity index (χ0n) is 16.2. The molecule has 0 radical (unpaired) electrons. The average Bonchev–Trinajstić information content (AvgIpc) is 3.38. The van der Waals surface area contributed by atoms with Crippen molar-refractivity contribution < 1.29 is 13.2 Å². The molecular weight excluding hydrogens is 378 g/mol. The molecule has 28 heavy (non-hydrogen) atoms. The third kappa shape index (κ3) is 3.60. The van der Waals surface area contributed by atoms with Gasteiger partial charge in [0, 0.05) is 57.9 Å². The van der Waals surface area contributed by atoms with Crippen LogP contribution >= 0.6 is 0 Å². The van der Waals surface area contributed by atoms with Gasteiger partial charge in [0.05, 0.1) is 6.33 Å². The maximum Gasteiger partial charge on any atom is 0.270 e. The fourth-order valence-electron chi connectivity index (χ4n) is 4.16. The minimum absolute atomic E-state index is 0.105. The van der Waals surface area contributed by atoms with Crippen LogP contribution in [0.3, 0.4) is 0 Å². The standard InChI is InChI=1S/C19H27N5O3S/c1-21-14-17(28(26,27)24-8-3-2-4-9-24)13-18(21)19(25)22-10-5-16(6-11-22)23-12-7-20-15-23/h7,12-16H,2-6,8-11H2,1H3. The Labute approximate surface area is 165 Å². The molecule has 4 heterocycles. The first kappa shape index (κ1) is 19.2. The highest BCUT2D eigenvalue weighted by atomic mass is 32.2. The van der Waals surface area contributed by atoms with Crippen molar-refractivity contribution in [3.05, 3.63) is 36.7 Å². The van der Waals surface area contributed by atoms with Gasteiger partial charge in [-0.1, -0.05) is 6.42 Å². The highest BCUT2D eigenvalue weighted by Gasteiger charge is 2.30. The van der Waals surface area contributed by atoms with Gasteiger partial charge in [0.2, 0.25) is 10.0 Å². The lowest BCUT2D eigenvalue weighted by molar-refractivity contribution is 0.0685. The molecule has 0 unspecified atom stereocenters. The fraction of sp³-hybridized carbons (Fsp3) is 0.579. The first-order valence-electron chi connectivity index (χ1n) is 9.90. The van der Waals surface area contributed by atoms with Gasteiger partial charge in [0.25, 0.3) is 5.91 Å². The number of hydrogen-bond acceptors (Lipinski definition) is 4. The van der Waals surface area contributed by atoms with Crippen LogP contribution in [0, 0.1) is 0 Å². The molecule has 1 amide bonds. The van der Waals surface area contributed by atoms with Crippen molar-refractivity contribution in [3.8, 4) is 0 Å². The van der Waals surface area contributed by atoms with E-state index in [1.807, 2.05) is 17.4 Å². The van der Waals surface area contributed by atoms with Gasteiger partial charge in [-0.2, -0.15) is 4.31 Å². The molecule has 0 atom stereocenters. The molecule has 2 aromatic heterocycles. The number of nitrogens with zero attached hydrogens (tertiary/aromatic N) is 5. The van der Waals surface area contributed by atoms with Crippen LogP contribution in [-0.2, 0) is 17.1 Å². The van der Waals surface area contributed by atoms with Crippen LogP contribution in [0.25, 0.3) is 0 Å². The maximum atomic E-state index is 13.0. The lowest BCUT2D eigenvalue weighted by Crippen LogP contribution is -2.39. The molecular formula is C19H27N5O3S. The monoisotopic (exact) mass is 405 g/mol. The number of aromatic nitrogens is 3. The molecule has 0 aromatic carbocycles. The van der Waals surface area contributed by atoms with Crippen LogP contribution in [0.5, 0.6) is 0 Å². The van der Waals surface area contributed by atoms with E-state index in [0.717, 1.165) is 32.1 Å². The number of carbonyl (C=O) groups is 1. The van der Waals surface area contributed by atoms with E-state index in [1.165, 1.54) is 10.4 Å². The van der Waals surface area contributed by atoms with Gasteiger partial charge in [0.15, 0.2) is 0 Å². The highest BCUT2D eigenvalue weighted by Crippen LogP contribution is 2.26. The Bertz CT molecular complexity index is 921. The third-order valence-corrected chi connectivity index (χ3v) is 7.71. The fourth-order valence-corrected chi connectivity index (χ4v) is 5.75. The Morgan fingerprint density at radius 2 is 1.82 bits per heavy atom. The molecule has 2 aliphatic rings. The molecule has 9 heteroatoms. The molecule has 2 fully saturated rings. The molecule has 0 bridgehead atoms. The molecule has 0 aliphatic carbocycles. The number of aryl methyl sites for hydroxylation is 1. The zero-order valence-corrected chi connectivity index (χ0v) is 17.0. The van der Waals surface area contributed by atoms with Gasteiger partial charge in [-0.05, 0) is 31.7 Å². The average molecular weight is 406 g/mol. The van der Waals surface area contributed by atoms with Crippen LogP contribution in [-0.4, -0.2) is 63.8 Å². The zero-order chi connectivity index (χ0) is 19.7. The number of likely N-dealkylation sites (tertiary alicyclic amines) is 1. The molecule has 2 saturated heterocycles. The largest absolute Gasteiger partial charge is 0.345 e. The summed E-state index contributed by atoms with van der Waals surface area (Å²) >= 11 is 0. The van der Waals surface area contributed by atoms with E-state index in [2.05, 4.69) is 9.55 Å². The van der Waals surface area contributed by atoms with E-state index in [0.29, 0.717) is 37.9 Å². The molecule has 0 saturated carbocycles. The van der Waals surface area contributed by atoms with Crippen LogP contribution in [0.15, 0.2) is 35.9 Å². The van der Waals surface area contributed by atoms with Gasteiger partial charge < -0.3 is 14.0 Å². The number of hydrogen-bond donors (Lipinski definition) is 0. The van der Waals surface area contributed by atoms with Crippen molar-refractivity contribution in [2.45, 2.75) is 43.0 Å². The predicted octanol–water partition coefficient (Wildman–Crippen LogP) is 1.87. The summed E-state index contributed by atoms with van der Waals surface area (Å²) in [4.78, 5) is 19.1. The Balaban J connectivity index is 1.47. The number of carbonyl (C=O) groups excluding carboxylic acids is 1. The molecule has 8 nitrogen and oxygen atoms in total. The van der Waals surface area contributed by atoms with Gasteiger partial charge in [-0.25, -0.2) is 13.4 Å². The quantitative estimate of drug-likeness (QED) is 0.778. The van der Waals surface area contributed by atoms with Gasteiger partial charge in [0.1, 0.15) is 10.6 Å². The Morgan fingerprint density at radius 3 is 2.46 bits per heavy atom. The molecule has 152 valence electrons. The second kappa shape index (κ2) is 7.71. The third-order valence-electron chi connectivity index (χ3n) is 5.85. The Morgan fingerprint density at radius 1 is 1.11 bits per heavy atom. The Kier molecular flexibility index (Phi) is 5.29. The second-order valence-electron chi connectivity index (χ2n) is 7.67. The Hall–Kier alpha value is -2.13. The topological polar surface area (TPSA) is 80.4 Å². The summed E-state index contributed by atoms with van der Waals surface area (Å²) in [6.07, 6.45) is 11.7. The molecule has 2 aliphatic heterocycles. The molecule has 0 spiro atoms. The minimum Gasteiger partial charge on any atom is -0.345 e. The summed E-state index contributed by atoms with van der Waals surface area (Å²) in [6, 6.07) is 1.89. The van der Waals surface area contributed by atoms with Crippen molar-refractivity contribution in [1.29, 1.82) is 0 Å². The highest BCUT2D eigenvalue weighted by molar-refractivity contribution is 7.89. The van der Waals surface area contributed by atoms with Crippen LogP contribution in [0.4, 0.5) is 0 Å². The lowest BCUT2D eigenvalue weighted by Gasteiger charge is -2.32. The van der Waals surface area contributed by atoms with Crippen molar-refractivity contribution in [3.63, 3.8) is 0 Å². The smallest absolute Gasteiger partial charge is 0.270 e. The summed E-state index contributed by atoms with van der Waals surface area (Å²) < 4.78 is 31.1. The first-order valence-corrected chi connectivity index (χ1v) is 11.3. The number of imidazole rings is 1. The number of piperidine rings is 2. The van der Waals surface area contributed by atoms with Crippen LogP contribution in [0.1, 0.15) is 48.6 Å². The van der Waals surface area contributed by atoms with E-state index in [9.17, 15) is 13.2 Å². The molecule has 4 rings (SSSR count). The van der Waals surface area contributed by atoms with Gasteiger partial charge in [-0.3, -0.25) is 4.79 Å². The summed E-state index contributed by atoms with van der Waals surface area (Å²) in [6.45, 7) is 2.42. The first-order chi connectivity index (χ1) is 13.5. The summed E-state index contributed by atoms with van der Waals surface area (Å²) in [5.74, 6) is -0.105. The summed E-state index contributed by atoms with van der Waals surface area (Å²) in [7, 11) is -1.80. The molecule has 2 aromatic rings. The van der Waals surface area contributed by atoms with Crippen molar-refractivity contribution >= 4 is 15.9 Å². The summed E-state index contributed by atoms with van der Waals surface area (Å²) in [5, 5.41) is 0. The summed E-state index contributed by atoms with van der Waals surface area (Å²) in [5.41, 5.74) is 0.427. The second-order valence-corrected chi connectivity index (χ2v) is 9.61. The number of sulfonamides is 1. The predicted molar refractivity (Wildman–Crippen MR) is 104 cm³/mol. The van der Waals surface area contributed by atoms with E-state index in [4.69, 9.17) is 0 Å². The van der Waals surface area contributed by atoms with Gasteiger partial charge in [-0.15, -0.1) is 0 Å². The van der Waals surface area contributed by atoms with E-state index >= 15 is 0 Å². The SMILES string of the molecule is Cn1cc(S(=O)(=O)N2CCCCC2)cc1C(=O)N1CCC(n2ccnc2)CC1. The normalized spacial score (nSPS) is 19.8.